The molecule has 21 heavy (non-hydrogen) atoms. The topological polar surface area (TPSA) is 29.5 Å². The van der Waals surface area contributed by atoms with E-state index in [0.717, 1.165) is 22.9 Å². The van der Waals surface area contributed by atoms with E-state index in [-0.39, 0.29) is 5.92 Å². The lowest BCUT2D eigenvalue weighted by Gasteiger charge is -2.21. The summed E-state index contributed by atoms with van der Waals surface area (Å²) in [4.78, 5) is 0. The van der Waals surface area contributed by atoms with E-state index in [2.05, 4.69) is 28.1 Å². The van der Waals surface area contributed by atoms with Crippen LogP contribution in [0.15, 0.2) is 40.9 Å². The lowest BCUT2D eigenvalue weighted by atomic mass is 9.92. The number of ether oxygens (including phenoxy) is 1. The van der Waals surface area contributed by atoms with Crippen LogP contribution in [0.4, 0.5) is 0 Å². The normalized spacial score (nSPS) is 15.8. The van der Waals surface area contributed by atoms with Crippen LogP contribution in [0.3, 0.4) is 0 Å². The lowest BCUT2D eigenvalue weighted by Crippen LogP contribution is -2.14. The van der Waals surface area contributed by atoms with E-state index in [1.165, 1.54) is 11.1 Å². The second kappa shape index (κ2) is 5.99. The van der Waals surface area contributed by atoms with Crippen LogP contribution in [-0.4, -0.2) is 12.2 Å². The van der Waals surface area contributed by atoms with Gasteiger partial charge in [0.05, 0.1) is 17.7 Å². The maximum absolute atomic E-state index is 10.8. The summed E-state index contributed by atoms with van der Waals surface area (Å²) in [6, 6.07) is 11.9. The average molecular weight is 368 g/mol. The van der Waals surface area contributed by atoms with Crippen LogP contribution < -0.4 is 4.74 Å². The molecular formula is C17H16BrClO2. The van der Waals surface area contributed by atoms with Gasteiger partial charge in [0.1, 0.15) is 5.75 Å². The smallest absolute Gasteiger partial charge is 0.138 e. The molecule has 2 aromatic rings. The zero-order valence-corrected chi connectivity index (χ0v) is 14.0. The first-order chi connectivity index (χ1) is 10.1. The van der Waals surface area contributed by atoms with Crippen LogP contribution in [0.1, 0.15) is 22.8 Å². The molecule has 3 rings (SSSR count). The Labute approximate surface area is 137 Å². The molecule has 0 fully saturated rings. The monoisotopic (exact) mass is 366 g/mol. The molecule has 0 aromatic heterocycles. The lowest BCUT2D eigenvalue weighted by molar-refractivity contribution is 0.110. The zero-order valence-electron chi connectivity index (χ0n) is 11.6. The van der Waals surface area contributed by atoms with Crippen LogP contribution in [0.5, 0.6) is 5.75 Å². The summed E-state index contributed by atoms with van der Waals surface area (Å²) in [7, 11) is 1.60. The molecular weight excluding hydrogens is 352 g/mol. The van der Waals surface area contributed by atoms with Gasteiger partial charge in [0.25, 0.3) is 0 Å². The van der Waals surface area contributed by atoms with Crippen molar-refractivity contribution in [1.82, 2.24) is 0 Å². The predicted molar refractivity (Wildman–Crippen MR) is 88.0 cm³/mol. The molecule has 0 spiro atoms. The summed E-state index contributed by atoms with van der Waals surface area (Å²) in [5, 5.41) is 11.4. The Kier molecular flexibility index (Phi) is 4.25. The Hall–Kier alpha value is -1.03. The quantitative estimate of drug-likeness (QED) is 0.862. The standard InChI is InChI=1S/C17H16BrClO2/c1-21-17-14(8-13(19)9-15(17)18)16(20)12-6-10-4-2-3-5-11(10)7-12/h2-5,8-9,12,16,20H,6-7H2,1H3. The van der Waals surface area contributed by atoms with Crippen LogP contribution in [0.25, 0.3) is 0 Å². The van der Waals surface area contributed by atoms with Crippen molar-refractivity contribution in [3.05, 3.63) is 62.6 Å². The van der Waals surface area contributed by atoms with Gasteiger partial charge in [0.2, 0.25) is 0 Å². The molecule has 1 unspecified atom stereocenters. The minimum absolute atomic E-state index is 0.154. The van der Waals surface area contributed by atoms with E-state index >= 15 is 0 Å². The summed E-state index contributed by atoms with van der Waals surface area (Å²) in [5.74, 6) is 0.810. The van der Waals surface area contributed by atoms with Crippen LogP contribution in [0.2, 0.25) is 5.02 Å². The molecule has 1 N–H and O–H groups in total. The number of aliphatic hydroxyl groups is 1. The number of halogens is 2. The van der Waals surface area contributed by atoms with Gasteiger partial charge in [-0.3, -0.25) is 0 Å². The Morgan fingerprint density at radius 3 is 2.43 bits per heavy atom. The summed E-state index contributed by atoms with van der Waals surface area (Å²) >= 11 is 9.57. The number of hydrogen-bond donors (Lipinski definition) is 1. The first-order valence-electron chi connectivity index (χ1n) is 6.88. The fourth-order valence-electron chi connectivity index (χ4n) is 3.09. The van der Waals surface area contributed by atoms with Crippen molar-refractivity contribution in [3.8, 4) is 5.75 Å². The molecule has 2 aromatic carbocycles. The number of hydrogen-bond acceptors (Lipinski definition) is 2. The molecule has 1 aliphatic rings. The zero-order chi connectivity index (χ0) is 15.0. The van der Waals surface area contributed by atoms with E-state index in [1.54, 1.807) is 19.2 Å². The second-order valence-corrected chi connectivity index (χ2v) is 6.68. The van der Waals surface area contributed by atoms with Crippen molar-refractivity contribution in [2.75, 3.05) is 7.11 Å². The Balaban J connectivity index is 1.92. The third kappa shape index (κ3) is 2.83. The Bertz CT molecular complexity index is 647. The number of methoxy groups -OCH3 is 1. The molecule has 0 saturated heterocycles. The van der Waals surface area contributed by atoms with Gasteiger partial charge in [-0.2, -0.15) is 0 Å². The highest BCUT2D eigenvalue weighted by atomic mass is 79.9. The van der Waals surface area contributed by atoms with Crippen molar-refractivity contribution in [1.29, 1.82) is 0 Å². The van der Waals surface area contributed by atoms with Gasteiger partial charge in [0.15, 0.2) is 0 Å². The molecule has 2 nitrogen and oxygen atoms in total. The maximum atomic E-state index is 10.8. The molecule has 0 saturated carbocycles. The van der Waals surface area contributed by atoms with Gasteiger partial charge in [-0.15, -0.1) is 0 Å². The van der Waals surface area contributed by atoms with E-state index in [4.69, 9.17) is 16.3 Å². The van der Waals surface area contributed by atoms with Crippen molar-refractivity contribution < 1.29 is 9.84 Å². The van der Waals surface area contributed by atoms with Gasteiger partial charge in [0, 0.05) is 10.6 Å². The number of aliphatic hydroxyl groups excluding tert-OH is 1. The van der Waals surface area contributed by atoms with Crippen LogP contribution >= 0.6 is 27.5 Å². The molecule has 0 aliphatic heterocycles. The fourth-order valence-corrected chi connectivity index (χ4v) is 4.08. The molecule has 4 heteroatoms. The Morgan fingerprint density at radius 1 is 1.24 bits per heavy atom. The highest BCUT2D eigenvalue weighted by Crippen LogP contribution is 2.42. The van der Waals surface area contributed by atoms with Gasteiger partial charge in [-0.05, 0) is 57.9 Å². The average Bonchev–Trinajstić information content (AvgIpc) is 2.89. The molecule has 0 bridgehead atoms. The summed E-state index contributed by atoms with van der Waals surface area (Å²) in [6.07, 6.45) is 1.16. The van der Waals surface area contributed by atoms with Gasteiger partial charge < -0.3 is 9.84 Å². The summed E-state index contributed by atoms with van der Waals surface area (Å²) < 4.78 is 6.19. The van der Waals surface area contributed by atoms with Crippen LogP contribution in [-0.2, 0) is 12.8 Å². The Morgan fingerprint density at radius 2 is 1.86 bits per heavy atom. The molecule has 1 aliphatic carbocycles. The van der Waals surface area contributed by atoms with E-state index in [9.17, 15) is 5.11 Å². The minimum atomic E-state index is -0.595. The fraction of sp³-hybridized carbons (Fsp3) is 0.294. The number of fused-ring (bicyclic) bond motifs is 1. The third-order valence-electron chi connectivity index (χ3n) is 4.09. The number of benzene rings is 2. The van der Waals surface area contributed by atoms with Crippen LogP contribution in [0, 0.1) is 5.92 Å². The van der Waals surface area contributed by atoms with E-state index in [0.29, 0.717) is 10.8 Å². The third-order valence-corrected chi connectivity index (χ3v) is 4.90. The molecule has 0 heterocycles. The summed E-state index contributed by atoms with van der Waals surface area (Å²) in [6.45, 7) is 0. The van der Waals surface area contributed by atoms with E-state index in [1.807, 2.05) is 12.1 Å². The summed E-state index contributed by atoms with van der Waals surface area (Å²) in [5.41, 5.74) is 3.39. The highest BCUT2D eigenvalue weighted by Gasteiger charge is 2.30. The van der Waals surface area contributed by atoms with Crippen molar-refractivity contribution in [2.24, 2.45) is 5.92 Å². The first-order valence-corrected chi connectivity index (χ1v) is 8.05. The highest BCUT2D eigenvalue weighted by molar-refractivity contribution is 9.10. The van der Waals surface area contributed by atoms with Gasteiger partial charge >= 0.3 is 0 Å². The predicted octanol–water partition coefficient (Wildman–Crippen LogP) is 4.56. The molecule has 1 atom stereocenters. The van der Waals surface area contributed by atoms with Crippen molar-refractivity contribution in [2.45, 2.75) is 18.9 Å². The molecule has 110 valence electrons. The first kappa shape index (κ1) is 14.9. The largest absolute Gasteiger partial charge is 0.495 e. The maximum Gasteiger partial charge on any atom is 0.138 e. The van der Waals surface area contributed by atoms with Crippen molar-refractivity contribution >= 4 is 27.5 Å². The second-order valence-electron chi connectivity index (χ2n) is 5.39. The van der Waals surface area contributed by atoms with Crippen molar-refractivity contribution in [3.63, 3.8) is 0 Å². The molecule has 0 radical (unpaired) electrons. The molecule has 0 amide bonds. The van der Waals surface area contributed by atoms with Gasteiger partial charge in [-0.25, -0.2) is 0 Å². The minimum Gasteiger partial charge on any atom is -0.495 e. The van der Waals surface area contributed by atoms with E-state index < -0.39 is 6.10 Å². The number of rotatable bonds is 3. The van der Waals surface area contributed by atoms with Gasteiger partial charge in [-0.1, -0.05) is 35.9 Å². The SMILES string of the molecule is COc1c(Br)cc(Cl)cc1C(O)C1Cc2ccccc2C1.